The second kappa shape index (κ2) is 5.93. The Hall–Kier alpha value is -2.93. The number of hydrogen-bond donors (Lipinski definition) is 2. The van der Waals surface area contributed by atoms with E-state index in [-0.39, 0.29) is 5.91 Å². The second-order valence-corrected chi connectivity index (χ2v) is 6.18. The number of para-hydroxylation sites is 1. The molecule has 0 bridgehead atoms. The topological polar surface area (TPSA) is 79.9 Å². The molecule has 6 nitrogen and oxygen atoms in total. The molecular formula is C17H14N4O2S. The average Bonchev–Trinajstić information content (AvgIpc) is 3.18. The Kier molecular flexibility index (Phi) is 3.62. The summed E-state index contributed by atoms with van der Waals surface area (Å²) in [5.41, 5.74) is 2.01. The van der Waals surface area contributed by atoms with Gasteiger partial charge in [0.1, 0.15) is 5.75 Å². The number of carbonyl (C=O) groups is 1. The van der Waals surface area contributed by atoms with Crippen molar-refractivity contribution in [3.8, 4) is 5.75 Å². The van der Waals surface area contributed by atoms with Gasteiger partial charge in [-0.2, -0.15) is 5.10 Å². The fourth-order valence-electron chi connectivity index (χ4n) is 2.51. The normalized spacial score (nSPS) is 11.0. The monoisotopic (exact) mass is 338 g/mol. The Morgan fingerprint density at radius 1 is 1.29 bits per heavy atom. The third-order valence-corrected chi connectivity index (χ3v) is 4.51. The number of thiazole rings is 1. The lowest BCUT2D eigenvalue weighted by Crippen LogP contribution is -2.12. The van der Waals surface area contributed by atoms with Crippen LogP contribution < -0.4 is 10.1 Å². The van der Waals surface area contributed by atoms with E-state index in [2.05, 4.69) is 20.5 Å². The lowest BCUT2D eigenvalue weighted by molar-refractivity contribution is 0.102. The number of amides is 1. The molecule has 2 aromatic carbocycles. The van der Waals surface area contributed by atoms with Gasteiger partial charge in [0.05, 0.1) is 22.3 Å². The van der Waals surface area contributed by atoms with Crippen molar-refractivity contribution in [3.63, 3.8) is 0 Å². The summed E-state index contributed by atoms with van der Waals surface area (Å²) >= 11 is 1.41. The molecule has 0 unspecified atom stereocenters. The Balaban J connectivity index is 1.62. The van der Waals surface area contributed by atoms with E-state index in [1.54, 1.807) is 0 Å². The first-order chi connectivity index (χ1) is 11.7. The smallest absolute Gasteiger partial charge is 0.278 e. The molecule has 0 aliphatic rings. The number of aromatic amines is 1. The molecule has 1 amide bonds. The van der Waals surface area contributed by atoms with Crippen LogP contribution in [0, 0.1) is 0 Å². The number of nitrogens with one attached hydrogen (secondary N) is 2. The minimum atomic E-state index is -0.281. The summed E-state index contributed by atoms with van der Waals surface area (Å²) in [5, 5.41) is 11.1. The van der Waals surface area contributed by atoms with Crippen molar-refractivity contribution in [2.75, 3.05) is 11.9 Å². The van der Waals surface area contributed by atoms with Gasteiger partial charge in [0.25, 0.3) is 5.91 Å². The molecule has 7 heteroatoms. The molecule has 0 atom stereocenters. The lowest BCUT2D eigenvalue weighted by atomic mass is 10.2. The van der Waals surface area contributed by atoms with Gasteiger partial charge in [-0.1, -0.05) is 29.5 Å². The average molecular weight is 338 g/mol. The summed E-state index contributed by atoms with van der Waals surface area (Å²) in [6, 6.07) is 13.2. The lowest BCUT2D eigenvalue weighted by Gasteiger charge is -2.00. The third kappa shape index (κ3) is 2.59. The number of anilines is 1. The van der Waals surface area contributed by atoms with Crippen LogP contribution in [-0.2, 0) is 0 Å². The number of rotatable bonds is 4. The van der Waals surface area contributed by atoms with E-state index in [4.69, 9.17) is 4.74 Å². The van der Waals surface area contributed by atoms with E-state index < -0.39 is 0 Å². The van der Waals surface area contributed by atoms with Gasteiger partial charge in [-0.25, -0.2) is 4.98 Å². The van der Waals surface area contributed by atoms with Gasteiger partial charge in [0.2, 0.25) is 0 Å². The molecule has 120 valence electrons. The highest BCUT2D eigenvalue weighted by Gasteiger charge is 2.16. The third-order valence-electron chi connectivity index (χ3n) is 3.58. The Morgan fingerprint density at radius 3 is 3.04 bits per heavy atom. The number of aromatic nitrogens is 3. The Morgan fingerprint density at radius 2 is 2.17 bits per heavy atom. The molecule has 4 aromatic rings. The fourth-order valence-corrected chi connectivity index (χ4v) is 3.40. The fraction of sp³-hybridized carbons (Fsp3) is 0.118. The van der Waals surface area contributed by atoms with Crippen LogP contribution in [0.4, 0.5) is 5.13 Å². The minimum absolute atomic E-state index is 0.281. The summed E-state index contributed by atoms with van der Waals surface area (Å²) in [7, 11) is 0. The summed E-state index contributed by atoms with van der Waals surface area (Å²) in [4.78, 5) is 16.9. The molecule has 0 radical (unpaired) electrons. The van der Waals surface area contributed by atoms with E-state index in [1.807, 2.05) is 49.4 Å². The summed E-state index contributed by atoms with van der Waals surface area (Å²) in [6.45, 7) is 2.55. The predicted octanol–water partition coefficient (Wildman–Crippen LogP) is 3.82. The molecule has 0 fully saturated rings. The molecular weight excluding hydrogens is 324 g/mol. The quantitative estimate of drug-likeness (QED) is 0.593. The zero-order valence-electron chi connectivity index (χ0n) is 12.9. The number of hydrogen-bond acceptors (Lipinski definition) is 5. The van der Waals surface area contributed by atoms with E-state index in [9.17, 15) is 4.79 Å². The molecule has 2 heterocycles. The molecule has 24 heavy (non-hydrogen) atoms. The van der Waals surface area contributed by atoms with Gasteiger partial charge in [-0.15, -0.1) is 0 Å². The van der Waals surface area contributed by atoms with Crippen molar-refractivity contribution < 1.29 is 9.53 Å². The van der Waals surface area contributed by atoms with Crippen LogP contribution in [0.15, 0.2) is 42.5 Å². The zero-order chi connectivity index (χ0) is 16.5. The second-order valence-electron chi connectivity index (χ2n) is 5.15. The van der Waals surface area contributed by atoms with Crippen LogP contribution in [0.3, 0.4) is 0 Å². The van der Waals surface area contributed by atoms with E-state index in [0.717, 1.165) is 26.9 Å². The molecule has 0 saturated heterocycles. The first-order valence-electron chi connectivity index (χ1n) is 7.52. The van der Waals surface area contributed by atoms with Crippen molar-refractivity contribution in [3.05, 3.63) is 48.2 Å². The van der Waals surface area contributed by atoms with Crippen LogP contribution in [0.5, 0.6) is 5.75 Å². The van der Waals surface area contributed by atoms with Crippen molar-refractivity contribution >= 4 is 43.5 Å². The molecule has 0 aliphatic carbocycles. The number of ether oxygens (including phenoxy) is 1. The van der Waals surface area contributed by atoms with Gasteiger partial charge < -0.3 is 4.74 Å². The highest BCUT2D eigenvalue weighted by Crippen LogP contribution is 2.29. The minimum Gasteiger partial charge on any atom is -0.494 e. The van der Waals surface area contributed by atoms with Crippen molar-refractivity contribution in [2.24, 2.45) is 0 Å². The Bertz CT molecular complexity index is 1040. The number of H-pyrrole nitrogens is 1. The number of benzene rings is 2. The van der Waals surface area contributed by atoms with Gasteiger partial charge in [-0.3, -0.25) is 15.2 Å². The summed E-state index contributed by atoms with van der Waals surface area (Å²) in [6.07, 6.45) is 0. The van der Waals surface area contributed by atoms with Crippen LogP contribution in [-0.4, -0.2) is 27.7 Å². The summed E-state index contributed by atoms with van der Waals surface area (Å²) in [5.74, 6) is 0.515. The molecule has 2 N–H and O–H groups in total. The first-order valence-corrected chi connectivity index (χ1v) is 8.34. The van der Waals surface area contributed by atoms with Crippen LogP contribution >= 0.6 is 11.3 Å². The van der Waals surface area contributed by atoms with Crippen LogP contribution in [0.2, 0.25) is 0 Å². The molecule has 0 aliphatic heterocycles. The van der Waals surface area contributed by atoms with E-state index in [0.29, 0.717) is 17.4 Å². The van der Waals surface area contributed by atoms with Crippen LogP contribution in [0.25, 0.3) is 21.1 Å². The first kappa shape index (κ1) is 14.6. The SMILES string of the molecule is CCOc1ccc2nc(NC(=O)c3n[nH]c4ccccc34)sc2c1. The largest absolute Gasteiger partial charge is 0.494 e. The predicted molar refractivity (Wildman–Crippen MR) is 94.8 cm³/mol. The van der Waals surface area contributed by atoms with Crippen molar-refractivity contribution in [1.29, 1.82) is 0 Å². The Labute approximate surface area is 141 Å². The van der Waals surface area contributed by atoms with E-state index in [1.165, 1.54) is 11.3 Å². The zero-order valence-corrected chi connectivity index (χ0v) is 13.7. The molecule has 2 aromatic heterocycles. The van der Waals surface area contributed by atoms with Gasteiger partial charge >= 0.3 is 0 Å². The van der Waals surface area contributed by atoms with Gasteiger partial charge in [-0.05, 0) is 31.2 Å². The summed E-state index contributed by atoms with van der Waals surface area (Å²) < 4.78 is 6.45. The van der Waals surface area contributed by atoms with Gasteiger partial charge in [0.15, 0.2) is 10.8 Å². The number of nitrogens with zero attached hydrogens (tertiary/aromatic N) is 2. The standard InChI is InChI=1S/C17H14N4O2S/c1-2-23-10-7-8-13-14(9-10)24-17(18-13)19-16(22)15-11-5-3-4-6-12(11)20-21-15/h3-9H,2H2,1H3,(H,20,21)(H,18,19,22). The number of carbonyl (C=O) groups excluding carboxylic acids is 1. The maximum atomic E-state index is 12.5. The number of fused-ring (bicyclic) bond motifs is 2. The van der Waals surface area contributed by atoms with Crippen molar-refractivity contribution in [1.82, 2.24) is 15.2 Å². The highest BCUT2D eigenvalue weighted by molar-refractivity contribution is 7.22. The molecule has 4 rings (SSSR count). The maximum absolute atomic E-state index is 12.5. The maximum Gasteiger partial charge on any atom is 0.278 e. The molecule has 0 saturated carbocycles. The van der Waals surface area contributed by atoms with Crippen molar-refractivity contribution in [2.45, 2.75) is 6.92 Å². The van der Waals surface area contributed by atoms with Crippen LogP contribution in [0.1, 0.15) is 17.4 Å². The van der Waals surface area contributed by atoms with Gasteiger partial charge in [0, 0.05) is 5.39 Å². The highest BCUT2D eigenvalue weighted by atomic mass is 32.1. The molecule has 0 spiro atoms. The van der Waals surface area contributed by atoms with E-state index >= 15 is 0 Å².